The van der Waals surface area contributed by atoms with Crippen LogP contribution in [0.3, 0.4) is 0 Å². The lowest BCUT2D eigenvalue weighted by atomic mass is 10.1. The second-order valence-electron chi connectivity index (χ2n) is 4.93. The fraction of sp³-hybridized carbons (Fsp3) is 0.111. The molecule has 0 saturated heterocycles. The van der Waals surface area contributed by atoms with E-state index in [1.54, 1.807) is 0 Å². The van der Waals surface area contributed by atoms with Crippen molar-refractivity contribution in [3.8, 4) is 6.07 Å². The van der Waals surface area contributed by atoms with E-state index >= 15 is 0 Å². The smallest absolute Gasteiger partial charge is 0.0991 e. The van der Waals surface area contributed by atoms with E-state index in [1.807, 2.05) is 48.8 Å². The third-order valence-electron chi connectivity index (χ3n) is 3.48. The summed E-state index contributed by atoms with van der Waals surface area (Å²) in [5.41, 5.74) is 3.06. The van der Waals surface area contributed by atoms with E-state index in [-0.39, 0.29) is 0 Å². The molecule has 3 aromatic rings. The third-order valence-corrected chi connectivity index (χ3v) is 3.48. The van der Waals surface area contributed by atoms with Crippen LogP contribution in [0.4, 0.5) is 0 Å². The van der Waals surface area contributed by atoms with Gasteiger partial charge in [-0.15, -0.1) is 0 Å². The molecular weight excluding hydrogens is 258 g/mol. The van der Waals surface area contributed by atoms with Gasteiger partial charge in [0.25, 0.3) is 0 Å². The molecule has 3 rings (SSSR count). The van der Waals surface area contributed by atoms with Crippen molar-refractivity contribution in [1.82, 2.24) is 10.3 Å². The number of hydrogen-bond donors (Lipinski definition) is 1. The summed E-state index contributed by atoms with van der Waals surface area (Å²) in [7, 11) is 0. The van der Waals surface area contributed by atoms with Crippen LogP contribution in [0.1, 0.15) is 16.7 Å². The quantitative estimate of drug-likeness (QED) is 0.792. The monoisotopic (exact) mass is 273 g/mol. The molecule has 1 N–H and O–H groups in total. The Hall–Kier alpha value is -2.70. The lowest BCUT2D eigenvalue weighted by Crippen LogP contribution is -2.13. The van der Waals surface area contributed by atoms with Gasteiger partial charge in [-0.05, 0) is 28.6 Å². The third kappa shape index (κ3) is 3.07. The van der Waals surface area contributed by atoms with Gasteiger partial charge in [0.2, 0.25) is 0 Å². The van der Waals surface area contributed by atoms with E-state index in [4.69, 9.17) is 5.26 Å². The summed E-state index contributed by atoms with van der Waals surface area (Å²) in [5, 5.41) is 14.6. The Bertz CT molecular complexity index is 780. The maximum absolute atomic E-state index is 8.78. The molecular formula is C18H15N3. The highest BCUT2D eigenvalue weighted by Crippen LogP contribution is 2.16. The summed E-state index contributed by atoms with van der Waals surface area (Å²) in [6, 6.07) is 18.0. The molecule has 0 radical (unpaired) electrons. The molecule has 2 aromatic carbocycles. The topological polar surface area (TPSA) is 48.7 Å². The van der Waals surface area contributed by atoms with E-state index in [2.05, 4.69) is 28.5 Å². The number of nitrogens with zero attached hydrogens (tertiary/aromatic N) is 2. The second kappa shape index (κ2) is 6.17. The first-order chi connectivity index (χ1) is 10.4. The van der Waals surface area contributed by atoms with Crippen molar-refractivity contribution in [2.45, 2.75) is 13.1 Å². The summed E-state index contributed by atoms with van der Waals surface area (Å²) < 4.78 is 0. The van der Waals surface area contributed by atoms with Gasteiger partial charge in [-0.2, -0.15) is 5.26 Å². The zero-order chi connectivity index (χ0) is 14.5. The minimum absolute atomic E-state index is 0.692. The van der Waals surface area contributed by atoms with Crippen molar-refractivity contribution in [1.29, 1.82) is 5.26 Å². The lowest BCUT2D eigenvalue weighted by molar-refractivity contribution is 0.695. The number of fused-ring (bicyclic) bond motifs is 1. The highest BCUT2D eigenvalue weighted by molar-refractivity contribution is 5.84. The molecule has 1 aromatic heterocycles. The molecule has 21 heavy (non-hydrogen) atoms. The molecule has 0 saturated carbocycles. The van der Waals surface area contributed by atoms with Crippen LogP contribution in [0.25, 0.3) is 10.8 Å². The van der Waals surface area contributed by atoms with Gasteiger partial charge in [0, 0.05) is 30.9 Å². The first kappa shape index (κ1) is 13.3. The van der Waals surface area contributed by atoms with Crippen LogP contribution in [0.5, 0.6) is 0 Å². The highest BCUT2D eigenvalue weighted by Gasteiger charge is 2.01. The van der Waals surface area contributed by atoms with E-state index in [0.717, 1.165) is 18.5 Å². The van der Waals surface area contributed by atoms with Gasteiger partial charge in [0.15, 0.2) is 0 Å². The van der Waals surface area contributed by atoms with E-state index < -0.39 is 0 Å². The Labute approximate surface area is 123 Å². The van der Waals surface area contributed by atoms with Crippen LogP contribution in [0, 0.1) is 11.3 Å². The zero-order valence-corrected chi connectivity index (χ0v) is 11.6. The van der Waals surface area contributed by atoms with Crippen molar-refractivity contribution in [3.63, 3.8) is 0 Å². The SMILES string of the molecule is N#Cc1ccc(CNCc2cncc3ccccc23)cc1. The minimum Gasteiger partial charge on any atom is -0.309 e. The van der Waals surface area contributed by atoms with Crippen LogP contribution in [-0.4, -0.2) is 4.98 Å². The molecule has 0 atom stereocenters. The molecule has 0 unspecified atom stereocenters. The Morgan fingerprint density at radius 1 is 0.952 bits per heavy atom. The van der Waals surface area contributed by atoms with E-state index in [1.165, 1.54) is 16.5 Å². The van der Waals surface area contributed by atoms with Gasteiger partial charge < -0.3 is 5.32 Å². The molecule has 0 aliphatic heterocycles. The van der Waals surface area contributed by atoms with E-state index in [9.17, 15) is 0 Å². The second-order valence-corrected chi connectivity index (χ2v) is 4.93. The molecule has 0 spiro atoms. The van der Waals surface area contributed by atoms with Crippen LogP contribution >= 0.6 is 0 Å². The minimum atomic E-state index is 0.692. The number of rotatable bonds is 4. The average molecular weight is 273 g/mol. The van der Waals surface area contributed by atoms with Crippen LogP contribution in [-0.2, 0) is 13.1 Å². The standard InChI is InChI=1S/C18H15N3/c19-9-14-5-7-15(8-6-14)10-20-12-17-13-21-11-16-3-1-2-4-18(16)17/h1-8,11,13,20H,10,12H2. The summed E-state index contributed by atoms with van der Waals surface area (Å²) in [4.78, 5) is 4.29. The fourth-order valence-electron chi connectivity index (χ4n) is 2.36. The van der Waals surface area contributed by atoms with Crippen LogP contribution in [0.15, 0.2) is 60.9 Å². The maximum atomic E-state index is 8.78. The van der Waals surface area contributed by atoms with Crippen LogP contribution in [0.2, 0.25) is 0 Å². The largest absolute Gasteiger partial charge is 0.309 e. The summed E-state index contributed by atoms with van der Waals surface area (Å²) in [6.07, 6.45) is 3.80. The summed E-state index contributed by atoms with van der Waals surface area (Å²) in [5.74, 6) is 0. The zero-order valence-electron chi connectivity index (χ0n) is 11.6. The number of nitrogens with one attached hydrogen (secondary N) is 1. The van der Waals surface area contributed by atoms with Gasteiger partial charge in [0.05, 0.1) is 11.6 Å². The summed E-state index contributed by atoms with van der Waals surface area (Å²) in [6.45, 7) is 1.54. The predicted octanol–water partition coefficient (Wildman–Crippen LogP) is 3.40. The number of hydrogen-bond acceptors (Lipinski definition) is 3. The number of benzene rings is 2. The Balaban J connectivity index is 1.68. The number of nitriles is 1. The molecule has 0 fully saturated rings. The molecule has 0 aliphatic rings. The van der Waals surface area contributed by atoms with Crippen molar-refractivity contribution >= 4 is 10.8 Å². The molecule has 0 bridgehead atoms. The van der Waals surface area contributed by atoms with E-state index in [0.29, 0.717) is 5.56 Å². The van der Waals surface area contributed by atoms with Crippen molar-refractivity contribution in [2.75, 3.05) is 0 Å². The molecule has 3 heteroatoms. The lowest BCUT2D eigenvalue weighted by Gasteiger charge is -2.08. The maximum Gasteiger partial charge on any atom is 0.0991 e. The molecule has 3 nitrogen and oxygen atoms in total. The van der Waals surface area contributed by atoms with Crippen molar-refractivity contribution in [3.05, 3.63) is 77.6 Å². The first-order valence-electron chi connectivity index (χ1n) is 6.88. The molecule has 102 valence electrons. The van der Waals surface area contributed by atoms with Gasteiger partial charge in [-0.3, -0.25) is 4.98 Å². The molecule has 0 amide bonds. The summed E-state index contributed by atoms with van der Waals surface area (Å²) >= 11 is 0. The first-order valence-corrected chi connectivity index (χ1v) is 6.88. The molecule has 0 aliphatic carbocycles. The van der Waals surface area contributed by atoms with Crippen molar-refractivity contribution in [2.24, 2.45) is 0 Å². The number of aromatic nitrogens is 1. The Kier molecular flexibility index (Phi) is 3.90. The van der Waals surface area contributed by atoms with Gasteiger partial charge >= 0.3 is 0 Å². The highest BCUT2D eigenvalue weighted by atomic mass is 14.9. The van der Waals surface area contributed by atoms with Crippen molar-refractivity contribution < 1.29 is 0 Å². The van der Waals surface area contributed by atoms with Crippen LogP contribution < -0.4 is 5.32 Å². The predicted molar refractivity (Wildman–Crippen MR) is 83.4 cm³/mol. The van der Waals surface area contributed by atoms with Gasteiger partial charge in [0.1, 0.15) is 0 Å². The van der Waals surface area contributed by atoms with Gasteiger partial charge in [-0.25, -0.2) is 0 Å². The Morgan fingerprint density at radius 3 is 2.57 bits per heavy atom. The normalized spacial score (nSPS) is 10.4. The average Bonchev–Trinajstić information content (AvgIpc) is 2.56. The molecule has 1 heterocycles. The Morgan fingerprint density at radius 2 is 1.76 bits per heavy atom. The fourth-order valence-corrected chi connectivity index (χ4v) is 2.36. The van der Waals surface area contributed by atoms with Gasteiger partial charge in [-0.1, -0.05) is 36.4 Å². The number of pyridine rings is 1.